The maximum atomic E-state index is 12.6. The van der Waals surface area contributed by atoms with Crippen LogP contribution in [0.15, 0.2) is 49.6 Å². The molecule has 0 radical (unpaired) electrons. The number of halogens is 1. The fourth-order valence-corrected chi connectivity index (χ4v) is 2.43. The Morgan fingerprint density at radius 3 is 2.21 bits per heavy atom. The van der Waals surface area contributed by atoms with E-state index in [4.69, 9.17) is 11.6 Å². The first-order valence-corrected chi connectivity index (χ1v) is 7.16. The number of hydrogen-bond acceptors (Lipinski definition) is 4. The summed E-state index contributed by atoms with van der Waals surface area (Å²) in [6.07, 6.45) is 1.19. The van der Waals surface area contributed by atoms with E-state index in [-0.39, 0.29) is 5.69 Å². The molecule has 1 N–H and O–H groups in total. The lowest BCUT2D eigenvalue weighted by Gasteiger charge is -2.05. The Hall–Kier alpha value is -3.07. The van der Waals surface area contributed by atoms with E-state index in [1.165, 1.54) is 44.6 Å². The van der Waals surface area contributed by atoms with Crippen LogP contribution in [0.4, 0.5) is 0 Å². The van der Waals surface area contributed by atoms with Gasteiger partial charge in [0.1, 0.15) is 5.69 Å². The molecule has 0 aliphatic carbocycles. The molecule has 0 atom stereocenters. The molecular weight excluding hydrogens is 338 g/mol. The van der Waals surface area contributed by atoms with Crippen molar-refractivity contribution in [2.75, 3.05) is 0 Å². The van der Waals surface area contributed by atoms with Crippen molar-refractivity contribution in [3.05, 3.63) is 77.3 Å². The highest BCUT2D eigenvalue weighted by Gasteiger charge is 2.16. The number of nitrogens with one attached hydrogen (secondary N) is 1. The third-order valence-electron chi connectivity index (χ3n) is 3.55. The van der Waals surface area contributed by atoms with Crippen molar-refractivity contribution >= 4 is 11.6 Å². The van der Waals surface area contributed by atoms with Crippen LogP contribution in [0.5, 0.6) is 0 Å². The Bertz CT molecular complexity index is 1160. The summed E-state index contributed by atoms with van der Waals surface area (Å²) in [6, 6.07) is 6.07. The molecule has 0 fully saturated rings. The molecule has 9 nitrogen and oxygen atoms in total. The number of hydrogen-bond donors (Lipinski definition) is 1. The number of rotatable bonds is 2. The van der Waals surface area contributed by atoms with E-state index in [0.29, 0.717) is 10.7 Å². The molecule has 0 bridgehead atoms. The van der Waals surface area contributed by atoms with Gasteiger partial charge in [-0.2, -0.15) is 4.68 Å². The Kier molecular flexibility index (Phi) is 3.64. The lowest BCUT2D eigenvalue weighted by molar-refractivity contribution is 0.660. The van der Waals surface area contributed by atoms with Gasteiger partial charge in [0.05, 0.1) is 5.69 Å². The van der Waals surface area contributed by atoms with Gasteiger partial charge in [-0.05, 0) is 24.3 Å². The van der Waals surface area contributed by atoms with Crippen molar-refractivity contribution in [1.82, 2.24) is 23.5 Å². The van der Waals surface area contributed by atoms with Crippen LogP contribution in [0.1, 0.15) is 0 Å². The zero-order valence-electron chi connectivity index (χ0n) is 12.7. The molecule has 0 saturated carbocycles. The summed E-state index contributed by atoms with van der Waals surface area (Å²) < 4.78 is 3.65. The van der Waals surface area contributed by atoms with Crippen LogP contribution < -0.4 is 22.6 Å². The summed E-state index contributed by atoms with van der Waals surface area (Å²) in [7, 11) is 2.72. The first-order chi connectivity index (χ1) is 11.3. The minimum atomic E-state index is -0.766. The number of aryl methyl sites for hydroxylation is 1. The van der Waals surface area contributed by atoms with Gasteiger partial charge in [0.25, 0.3) is 5.56 Å². The molecule has 0 amide bonds. The summed E-state index contributed by atoms with van der Waals surface area (Å²) in [4.78, 5) is 48.7. The molecule has 3 aromatic rings. The summed E-state index contributed by atoms with van der Waals surface area (Å²) >= 11 is 5.80. The molecule has 0 aliphatic heterocycles. The van der Waals surface area contributed by atoms with Crippen LogP contribution in [-0.4, -0.2) is 23.5 Å². The van der Waals surface area contributed by atoms with Gasteiger partial charge in [0.2, 0.25) is 0 Å². The number of H-pyrrole nitrogens is 1. The van der Waals surface area contributed by atoms with Crippen molar-refractivity contribution in [3.8, 4) is 11.4 Å². The van der Waals surface area contributed by atoms with E-state index in [1.54, 1.807) is 0 Å². The first kappa shape index (κ1) is 15.8. The number of benzene rings is 1. The van der Waals surface area contributed by atoms with Gasteiger partial charge in [0.15, 0.2) is 0 Å². The lowest BCUT2D eigenvalue weighted by Crippen LogP contribution is -2.40. The van der Waals surface area contributed by atoms with Gasteiger partial charge < -0.3 is 4.57 Å². The summed E-state index contributed by atoms with van der Waals surface area (Å²) in [5.74, 6) is 0. The highest BCUT2D eigenvalue weighted by atomic mass is 35.5. The fourth-order valence-electron chi connectivity index (χ4n) is 2.30. The molecule has 0 unspecified atom stereocenters. The second-order valence-corrected chi connectivity index (χ2v) is 5.56. The fraction of sp³-hybridized carbons (Fsp3) is 0.143. The smallest absolute Gasteiger partial charge is 0.301 e. The zero-order valence-corrected chi connectivity index (χ0v) is 13.4. The second-order valence-electron chi connectivity index (χ2n) is 5.12. The molecule has 124 valence electrons. The van der Waals surface area contributed by atoms with E-state index in [2.05, 4.69) is 5.10 Å². The molecule has 1 aromatic carbocycles. The van der Waals surface area contributed by atoms with Gasteiger partial charge in [-0.1, -0.05) is 11.6 Å². The Balaban J connectivity index is 2.31. The average molecular weight is 350 g/mol. The average Bonchev–Trinajstić information content (AvgIpc) is 2.84. The molecule has 24 heavy (non-hydrogen) atoms. The Morgan fingerprint density at radius 2 is 1.58 bits per heavy atom. The predicted octanol–water partition coefficient (Wildman–Crippen LogP) is -0.633. The van der Waals surface area contributed by atoms with Crippen LogP contribution in [0.2, 0.25) is 5.02 Å². The van der Waals surface area contributed by atoms with E-state index in [9.17, 15) is 19.2 Å². The van der Waals surface area contributed by atoms with Crippen molar-refractivity contribution in [1.29, 1.82) is 0 Å². The number of aromatic nitrogens is 5. The van der Waals surface area contributed by atoms with Crippen molar-refractivity contribution < 1.29 is 0 Å². The van der Waals surface area contributed by atoms with Crippen LogP contribution in [0, 0.1) is 0 Å². The molecule has 3 rings (SSSR count). The molecular formula is C14H12ClN5O4. The van der Waals surface area contributed by atoms with E-state index in [1.807, 2.05) is 0 Å². The van der Waals surface area contributed by atoms with E-state index < -0.39 is 22.6 Å². The lowest BCUT2D eigenvalue weighted by atomic mass is 10.3. The predicted molar refractivity (Wildman–Crippen MR) is 87.5 cm³/mol. The Labute approximate surface area is 138 Å². The maximum Gasteiger partial charge on any atom is 0.356 e. The summed E-state index contributed by atoms with van der Waals surface area (Å²) in [5, 5.41) is 2.76. The van der Waals surface area contributed by atoms with Crippen LogP contribution in [-0.2, 0) is 14.1 Å². The number of nitrogens with zero attached hydrogens (tertiary/aromatic N) is 4. The minimum absolute atomic E-state index is 0.144. The molecule has 2 aromatic heterocycles. The van der Waals surface area contributed by atoms with Gasteiger partial charge >= 0.3 is 17.1 Å². The standard InChI is InChI=1S/C14H12ClN5O4/c1-17-7-10(11(21)18(2)13(17)23)20-14(24)19(12(22)16-20)9-5-3-8(15)4-6-9/h3-7H,1-2H3,(H,16,22). The van der Waals surface area contributed by atoms with Gasteiger partial charge in [-0.25, -0.2) is 24.0 Å². The van der Waals surface area contributed by atoms with Gasteiger partial charge in [-0.15, -0.1) is 0 Å². The van der Waals surface area contributed by atoms with Crippen molar-refractivity contribution in [2.45, 2.75) is 0 Å². The van der Waals surface area contributed by atoms with Gasteiger partial charge in [-0.3, -0.25) is 9.36 Å². The van der Waals surface area contributed by atoms with Crippen LogP contribution in [0.3, 0.4) is 0 Å². The summed E-state index contributed by atoms with van der Waals surface area (Å²) in [5.41, 5.74) is -2.59. The van der Waals surface area contributed by atoms with Crippen molar-refractivity contribution in [2.24, 2.45) is 14.1 Å². The molecule has 0 saturated heterocycles. The third kappa shape index (κ3) is 2.35. The van der Waals surface area contributed by atoms with E-state index >= 15 is 0 Å². The normalized spacial score (nSPS) is 11.0. The molecule has 10 heteroatoms. The third-order valence-corrected chi connectivity index (χ3v) is 3.80. The van der Waals surface area contributed by atoms with Crippen LogP contribution >= 0.6 is 11.6 Å². The quantitative estimate of drug-likeness (QED) is 0.665. The molecule has 0 spiro atoms. The summed E-state index contributed by atoms with van der Waals surface area (Å²) in [6.45, 7) is 0. The monoisotopic (exact) mass is 349 g/mol. The zero-order chi connectivity index (χ0) is 17.6. The van der Waals surface area contributed by atoms with E-state index in [0.717, 1.165) is 18.4 Å². The highest BCUT2D eigenvalue weighted by Crippen LogP contribution is 2.10. The van der Waals surface area contributed by atoms with Gasteiger partial charge in [0, 0.05) is 25.3 Å². The molecule has 2 heterocycles. The minimum Gasteiger partial charge on any atom is -0.301 e. The highest BCUT2D eigenvalue weighted by molar-refractivity contribution is 6.30. The second kappa shape index (κ2) is 5.53. The van der Waals surface area contributed by atoms with Crippen molar-refractivity contribution in [3.63, 3.8) is 0 Å². The molecule has 0 aliphatic rings. The first-order valence-electron chi connectivity index (χ1n) is 6.78. The number of aromatic amines is 1. The maximum absolute atomic E-state index is 12.6. The largest absolute Gasteiger partial charge is 0.356 e. The van der Waals surface area contributed by atoms with Crippen LogP contribution in [0.25, 0.3) is 11.4 Å². The Morgan fingerprint density at radius 1 is 0.958 bits per heavy atom. The topological polar surface area (TPSA) is 104 Å². The SMILES string of the molecule is Cn1cc(-n2[nH]c(=O)n(-c3ccc(Cl)cc3)c2=O)c(=O)n(C)c1=O.